The Morgan fingerprint density at radius 2 is 1.74 bits per heavy atom. The van der Waals surface area contributed by atoms with Crippen LogP contribution in [-0.2, 0) is 12.6 Å². The molecule has 8 heteroatoms. The number of rotatable bonds is 4. The first kappa shape index (κ1) is 22.1. The Bertz CT molecular complexity index is 1320. The van der Waals surface area contributed by atoms with Gasteiger partial charge in [0.2, 0.25) is 0 Å². The minimum absolute atomic E-state index is 0.0685. The van der Waals surface area contributed by atoms with Crippen LogP contribution >= 0.6 is 0 Å². The molecule has 174 valence electrons. The zero-order valence-corrected chi connectivity index (χ0v) is 18.4. The first-order valence-electron chi connectivity index (χ1n) is 11.2. The van der Waals surface area contributed by atoms with Gasteiger partial charge in [-0.2, -0.15) is 13.2 Å². The molecule has 5 rings (SSSR count). The molecule has 2 aromatic heterocycles. The number of fused-ring (bicyclic) bond motifs is 1. The Labute approximate surface area is 194 Å². The van der Waals surface area contributed by atoms with Gasteiger partial charge in [0.1, 0.15) is 5.82 Å². The molecule has 0 spiro atoms. The number of benzene rings is 2. The zero-order valence-electron chi connectivity index (χ0n) is 18.4. The maximum absolute atomic E-state index is 13.5. The van der Waals surface area contributed by atoms with Crippen LogP contribution < -0.4 is 0 Å². The number of carbonyl (C=O) groups is 1. The van der Waals surface area contributed by atoms with Crippen LogP contribution in [0.1, 0.15) is 51.6 Å². The summed E-state index contributed by atoms with van der Waals surface area (Å²) >= 11 is 0. The van der Waals surface area contributed by atoms with Crippen molar-refractivity contribution < 1.29 is 18.0 Å². The molecule has 34 heavy (non-hydrogen) atoms. The van der Waals surface area contributed by atoms with Crippen LogP contribution in [0.25, 0.3) is 5.65 Å². The molecule has 2 aromatic carbocycles. The maximum Gasteiger partial charge on any atom is 0.417 e. The van der Waals surface area contributed by atoms with Crippen molar-refractivity contribution in [3.8, 4) is 0 Å². The van der Waals surface area contributed by atoms with Crippen LogP contribution in [0.2, 0.25) is 0 Å². The van der Waals surface area contributed by atoms with E-state index < -0.39 is 11.7 Å². The molecular weight excluding hydrogens is 441 g/mol. The monoisotopic (exact) mass is 464 g/mol. The summed E-state index contributed by atoms with van der Waals surface area (Å²) in [5.74, 6) is 0.190. The van der Waals surface area contributed by atoms with Crippen molar-refractivity contribution in [3.05, 3.63) is 101 Å². The molecule has 0 saturated carbocycles. The molecule has 5 nitrogen and oxygen atoms in total. The number of pyridine rings is 1. The SMILES string of the molecule is O=C(c1ccccc1Cc1ccccc1)N1CCCC(c2nnc3ccc(C(F)(F)F)cn23)C1. The average Bonchev–Trinajstić information content (AvgIpc) is 3.28. The van der Waals surface area contributed by atoms with Gasteiger partial charge in [0, 0.05) is 30.8 Å². The summed E-state index contributed by atoms with van der Waals surface area (Å²) in [4.78, 5) is 15.3. The summed E-state index contributed by atoms with van der Waals surface area (Å²) in [6, 6.07) is 19.9. The van der Waals surface area contributed by atoms with E-state index in [1.165, 1.54) is 10.5 Å². The predicted molar refractivity (Wildman–Crippen MR) is 122 cm³/mol. The second-order valence-electron chi connectivity index (χ2n) is 8.61. The van der Waals surface area contributed by atoms with E-state index in [4.69, 9.17) is 0 Å². The Hall–Kier alpha value is -3.68. The number of aromatic nitrogens is 3. The molecule has 4 aromatic rings. The summed E-state index contributed by atoms with van der Waals surface area (Å²) in [6.45, 7) is 0.981. The van der Waals surface area contributed by atoms with Crippen molar-refractivity contribution >= 4 is 11.6 Å². The first-order chi connectivity index (χ1) is 16.4. The second-order valence-corrected chi connectivity index (χ2v) is 8.61. The summed E-state index contributed by atoms with van der Waals surface area (Å²) in [7, 11) is 0. The zero-order chi connectivity index (χ0) is 23.7. The molecule has 0 bridgehead atoms. The van der Waals surface area contributed by atoms with Crippen molar-refractivity contribution in [1.82, 2.24) is 19.5 Å². The average molecular weight is 464 g/mol. The topological polar surface area (TPSA) is 50.5 Å². The summed E-state index contributed by atoms with van der Waals surface area (Å²) < 4.78 is 41.1. The van der Waals surface area contributed by atoms with Crippen molar-refractivity contribution in [1.29, 1.82) is 0 Å². The molecule has 1 atom stereocenters. The number of hydrogen-bond acceptors (Lipinski definition) is 3. The fourth-order valence-electron chi connectivity index (χ4n) is 4.60. The minimum Gasteiger partial charge on any atom is -0.338 e. The van der Waals surface area contributed by atoms with Crippen LogP contribution in [0.5, 0.6) is 0 Å². The lowest BCUT2D eigenvalue weighted by atomic mass is 9.94. The lowest BCUT2D eigenvalue weighted by Gasteiger charge is -2.32. The van der Waals surface area contributed by atoms with Crippen LogP contribution in [0, 0.1) is 0 Å². The highest BCUT2D eigenvalue weighted by Gasteiger charge is 2.33. The summed E-state index contributed by atoms with van der Waals surface area (Å²) in [6.07, 6.45) is -1.29. The lowest BCUT2D eigenvalue weighted by Crippen LogP contribution is -2.40. The van der Waals surface area contributed by atoms with Gasteiger partial charge in [0.05, 0.1) is 5.56 Å². The Morgan fingerprint density at radius 3 is 2.53 bits per heavy atom. The maximum atomic E-state index is 13.5. The Balaban J connectivity index is 1.40. The molecular formula is C26H23F3N4O. The summed E-state index contributed by atoms with van der Waals surface area (Å²) in [5.41, 5.74) is 2.33. The molecule has 1 aliphatic heterocycles. The van der Waals surface area contributed by atoms with Gasteiger partial charge >= 0.3 is 6.18 Å². The first-order valence-corrected chi connectivity index (χ1v) is 11.2. The van der Waals surface area contributed by atoms with E-state index in [-0.39, 0.29) is 11.8 Å². The number of amides is 1. The summed E-state index contributed by atoms with van der Waals surface area (Å²) in [5, 5.41) is 8.24. The van der Waals surface area contributed by atoms with Crippen LogP contribution in [0.3, 0.4) is 0 Å². The highest BCUT2D eigenvalue weighted by atomic mass is 19.4. The van der Waals surface area contributed by atoms with Gasteiger partial charge in [-0.25, -0.2) is 0 Å². The van der Waals surface area contributed by atoms with Gasteiger partial charge in [-0.05, 0) is 48.6 Å². The van der Waals surface area contributed by atoms with Gasteiger partial charge in [0.15, 0.2) is 5.65 Å². The van der Waals surface area contributed by atoms with Crippen molar-refractivity contribution in [2.24, 2.45) is 0 Å². The van der Waals surface area contributed by atoms with Gasteiger partial charge in [-0.15, -0.1) is 10.2 Å². The molecule has 3 heterocycles. The second kappa shape index (κ2) is 8.93. The van der Waals surface area contributed by atoms with Crippen LogP contribution in [-0.4, -0.2) is 38.5 Å². The molecule has 1 amide bonds. The molecule has 1 saturated heterocycles. The van der Waals surface area contributed by atoms with E-state index >= 15 is 0 Å². The quantitative estimate of drug-likeness (QED) is 0.409. The van der Waals surface area contributed by atoms with E-state index in [0.29, 0.717) is 36.5 Å². The predicted octanol–water partition coefficient (Wildman–Crippen LogP) is 5.36. The number of nitrogens with zero attached hydrogens (tertiary/aromatic N) is 4. The fourth-order valence-corrected chi connectivity index (χ4v) is 4.60. The van der Waals surface area contributed by atoms with E-state index in [2.05, 4.69) is 10.2 Å². The molecule has 1 fully saturated rings. The third-order valence-corrected chi connectivity index (χ3v) is 6.31. The van der Waals surface area contributed by atoms with Crippen molar-refractivity contribution in [2.45, 2.75) is 31.4 Å². The third-order valence-electron chi connectivity index (χ3n) is 6.31. The number of alkyl halides is 3. The van der Waals surface area contributed by atoms with E-state index in [1.807, 2.05) is 54.6 Å². The molecule has 0 N–H and O–H groups in total. The molecule has 0 radical (unpaired) electrons. The highest BCUT2D eigenvalue weighted by Crippen LogP contribution is 2.32. The van der Waals surface area contributed by atoms with E-state index in [0.717, 1.165) is 36.2 Å². The number of hydrogen-bond donors (Lipinski definition) is 0. The lowest BCUT2D eigenvalue weighted by molar-refractivity contribution is -0.137. The number of likely N-dealkylation sites (tertiary alicyclic amines) is 1. The number of piperidine rings is 1. The van der Waals surface area contributed by atoms with Crippen LogP contribution in [0.15, 0.2) is 72.9 Å². The highest BCUT2D eigenvalue weighted by molar-refractivity contribution is 5.96. The standard InChI is InChI=1S/C26H23F3N4O/c27-26(28,29)21-12-13-23-30-31-24(33(23)17-21)20-10-6-14-32(16-20)25(34)22-11-5-4-9-19(22)15-18-7-2-1-3-8-18/h1-5,7-9,11-13,17,20H,6,10,14-16H2. The normalized spacial score (nSPS) is 16.7. The number of halogens is 3. The fraction of sp³-hybridized carbons (Fsp3) is 0.269. The van der Waals surface area contributed by atoms with Gasteiger partial charge in [-0.3, -0.25) is 9.20 Å². The largest absolute Gasteiger partial charge is 0.417 e. The smallest absolute Gasteiger partial charge is 0.338 e. The number of carbonyl (C=O) groups excluding carboxylic acids is 1. The molecule has 0 aliphatic carbocycles. The third kappa shape index (κ3) is 4.40. The van der Waals surface area contributed by atoms with Crippen molar-refractivity contribution in [2.75, 3.05) is 13.1 Å². The van der Waals surface area contributed by atoms with Crippen molar-refractivity contribution in [3.63, 3.8) is 0 Å². The molecule has 1 aliphatic rings. The molecule has 1 unspecified atom stereocenters. The van der Waals surface area contributed by atoms with Gasteiger partial charge in [-0.1, -0.05) is 48.5 Å². The van der Waals surface area contributed by atoms with Crippen LogP contribution in [0.4, 0.5) is 13.2 Å². The minimum atomic E-state index is -4.45. The Morgan fingerprint density at radius 1 is 0.971 bits per heavy atom. The van der Waals surface area contributed by atoms with E-state index in [1.54, 1.807) is 4.90 Å². The van der Waals surface area contributed by atoms with Gasteiger partial charge < -0.3 is 4.90 Å². The van der Waals surface area contributed by atoms with E-state index in [9.17, 15) is 18.0 Å². The Kier molecular flexibility index (Phi) is 5.81. The van der Waals surface area contributed by atoms with Gasteiger partial charge in [0.25, 0.3) is 5.91 Å².